The number of rotatable bonds is 1. The van der Waals surface area contributed by atoms with Gasteiger partial charge in [-0.15, -0.1) is 0 Å². The first-order valence-corrected chi connectivity index (χ1v) is 7.17. The van der Waals surface area contributed by atoms with Crippen molar-refractivity contribution >= 4 is 14.2 Å². The Bertz CT molecular complexity index is 331. The number of benzene rings is 1. The molecule has 0 bridgehead atoms. The SMILES string of the molecule is FC(F)(F)C1CC[SiH](c2ccccc2)OC1. The Morgan fingerprint density at radius 2 is 1.88 bits per heavy atom. The fraction of sp³-hybridized carbons (Fsp3) is 0.455. The van der Waals surface area contributed by atoms with Crippen LogP contribution in [0.25, 0.3) is 0 Å². The van der Waals surface area contributed by atoms with Gasteiger partial charge in [0.2, 0.25) is 9.04 Å². The first kappa shape index (κ1) is 11.7. The second-order valence-electron chi connectivity index (χ2n) is 4.05. The zero-order valence-corrected chi connectivity index (χ0v) is 9.86. The molecular weight excluding hydrogens is 233 g/mol. The Kier molecular flexibility index (Phi) is 3.35. The molecule has 0 aliphatic carbocycles. The van der Waals surface area contributed by atoms with Crippen LogP contribution in [-0.4, -0.2) is 21.8 Å². The summed E-state index contributed by atoms with van der Waals surface area (Å²) in [4.78, 5) is 0. The fourth-order valence-electron chi connectivity index (χ4n) is 1.94. The van der Waals surface area contributed by atoms with Crippen LogP contribution in [0.5, 0.6) is 0 Å². The summed E-state index contributed by atoms with van der Waals surface area (Å²) in [6.07, 6.45) is -3.88. The second kappa shape index (κ2) is 4.59. The lowest BCUT2D eigenvalue weighted by atomic mass is 10.1. The average Bonchev–Trinajstić information content (AvgIpc) is 2.29. The molecule has 0 radical (unpaired) electrons. The van der Waals surface area contributed by atoms with E-state index in [1.54, 1.807) is 0 Å². The van der Waals surface area contributed by atoms with E-state index in [4.69, 9.17) is 4.43 Å². The minimum Gasteiger partial charge on any atom is -0.415 e. The van der Waals surface area contributed by atoms with Gasteiger partial charge in [0.25, 0.3) is 0 Å². The number of alkyl halides is 3. The largest absolute Gasteiger partial charge is 0.415 e. The number of halogens is 3. The number of hydrogen-bond acceptors (Lipinski definition) is 1. The van der Waals surface area contributed by atoms with Crippen LogP contribution in [0.3, 0.4) is 0 Å². The maximum atomic E-state index is 12.4. The quantitative estimate of drug-likeness (QED) is 0.690. The van der Waals surface area contributed by atoms with Crippen LogP contribution in [0.2, 0.25) is 6.04 Å². The molecule has 5 heteroatoms. The molecule has 16 heavy (non-hydrogen) atoms. The molecule has 1 aromatic rings. The van der Waals surface area contributed by atoms with Crippen LogP contribution < -0.4 is 5.19 Å². The molecule has 2 rings (SSSR count). The molecule has 1 heterocycles. The second-order valence-corrected chi connectivity index (χ2v) is 6.60. The molecule has 0 saturated carbocycles. The van der Waals surface area contributed by atoms with Gasteiger partial charge >= 0.3 is 6.18 Å². The molecule has 1 nitrogen and oxygen atoms in total. The molecule has 1 saturated heterocycles. The van der Waals surface area contributed by atoms with Crippen LogP contribution in [0.1, 0.15) is 6.42 Å². The van der Waals surface area contributed by atoms with Crippen LogP contribution in [0.4, 0.5) is 13.2 Å². The Hall–Kier alpha value is -0.813. The van der Waals surface area contributed by atoms with Crippen molar-refractivity contribution in [3.05, 3.63) is 30.3 Å². The molecule has 1 aromatic carbocycles. The maximum Gasteiger partial charge on any atom is 0.393 e. The third-order valence-corrected chi connectivity index (χ3v) is 5.49. The third kappa shape index (κ3) is 2.65. The first-order chi connectivity index (χ1) is 7.57. The topological polar surface area (TPSA) is 9.23 Å². The van der Waals surface area contributed by atoms with Gasteiger partial charge in [-0.05, 0) is 17.7 Å². The molecule has 88 valence electrons. The fourth-order valence-corrected chi connectivity index (χ4v) is 4.45. The van der Waals surface area contributed by atoms with Crippen molar-refractivity contribution in [2.45, 2.75) is 18.6 Å². The van der Waals surface area contributed by atoms with Crippen molar-refractivity contribution in [3.8, 4) is 0 Å². The summed E-state index contributed by atoms with van der Waals surface area (Å²) >= 11 is 0. The van der Waals surface area contributed by atoms with Gasteiger partial charge in [-0.3, -0.25) is 0 Å². The van der Waals surface area contributed by atoms with Gasteiger partial charge in [-0.2, -0.15) is 13.2 Å². The summed E-state index contributed by atoms with van der Waals surface area (Å²) in [5.41, 5.74) is 0. The van der Waals surface area contributed by atoms with Crippen LogP contribution >= 0.6 is 0 Å². The minimum absolute atomic E-state index is 0.157. The highest BCUT2D eigenvalue weighted by molar-refractivity contribution is 6.67. The lowest BCUT2D eigenvalue weighted by Crippen LogP contribution is -2.42. The Labute approximate surface area is 94.0 Å². The van der Waals surface area contributed by atoms with Crippen molar-refractivity contribution in [2.75, 3.05) is 6.61 Å². The van der Waals surface area contributed by atoms with Gasteiger partial charge in [0.1, 0.15) is 0 Å². The summed E-state index contributed by atoms with van der Waals surface area (Å²) in [6, 6.07) is 10.2. The Morgan fingerprint density at radius 3 is 2.38 bits per heavy atom. The van der Waals surface area contributed by atoms with Crippen LogP contribution in [0, 0.1) is 5.92 Å². The normalized spacial score (nSPS) is 26.7. The average molecular weight is 246 g/mol. The van der Waals surface area contributed by atoms with E-state index in [2.05, 4.69) is 0 Å². The van der Waals surface area contributed by atoms with E-state index in [9.17, 15) is 13.2 Å². The van der Waals surface area contributed by atoms with Gasteiger partial charge in [0, 0.05) is 6.61 Å². The lowest BCUT2D eigenvalue weighted by Gasteiger charge is -2.29. The van der Waals surface area contributed by atoms with E-state index in [1.807, 2.05) is 30.3 Å². The summed E-state index contributed by atoms with van der Waals surface area (Å²) in [5.74, 6) is -1.26. The highest BCUT2D eigenvalue weighted by Gasteiger charge is 2.42. The van der Waals surface area contributed by atoms with Gasteiger partial charge in [0.05, 0.1) is 5.92 Å². The van der Waals surface area contributed by atoms with Crippen molar-refractivity contribution in [1.82, 2.24) is 0 Å². The molecule has 0 amide bonds. The van der Waals surface area contributed by atoms with E-state index in [1.165, 1.54) is 0 Å². The molecule has 0 spiro atoms. The molecule has 1 aliphatic heterocycles. The van der Waals surface area contributed by atoms with E-state index in [-0.39, 0.29) is 13.0 Å². The highest BCUT2D eigenvalue weighted by atomic mass is 28.3. The summed E-state index contributed by atoms with van der Waals surface area (Å²) < 4.78 is 42.6. The predicted octanol–water partition coefficient (Wildman–Crippen LogP) is 2.22. The minimum atomic E-state index is -4.10. The molecule has 1 fully saturated rings. The monoisotopic (exact) mass is 246 g/mol. The van der Waals surface area contributed by atoms with E-state index >= 15 is 0 Å². The van der Waals surface area contributed by atoms with Gasteiger partial charge in [-0.25, -0.2) is 0 Å². The summed E-state index contributed by atoms with van der Waals surface area (Å²) in [7, 11) is -1.59. The smallest absolute Gasteiger partial charge is 0.393 e. The molecule has 0 N–H and O–H groups in total. The lowest BCUT2D eigenvalue weighted by molar-refractivity contribution is -0.185. The summed E-state index contributed by atoms with van der Waals surface area (Å²) in [5, 5.41) is 1.10. The van der Waals surface area contributed by atoms with Crippen molar-refractivity contribution in [2.24, 2.45) is 5.92 Å². The molecular formula is C11H13F3OSi. The van der Waals surface area contributed by atoms with Gasteiger partial charge in [0.15, 0.2) is 0 Å². The van der Waals surface area contributed by atoms with E-state index < -0.39 is 21.1 Å². The Morgan fingerprint density at radius 1 is 1.19 bits per heavy atom. The third-order valence-electron chi connectivity index (χ3n) is 2.91. The van der Waals surface area contributed by atoms with Crippen LogP contribution in [-0.2, 0) is 4.43 Å². The standard InChI is InChI=1S/C11H13F3OSi/c12-11(13,14)9-6-7-16(15-8-9)10-4-2-1-3-5-10/h1-5,9,16H,6-8H2. The number of hydrogen-bond donors (Lipinski definition) is 0. The zero-order chi connectivity index (χ0) is 11.6. The van der Waals surface area contributed by atoms with Gasteiger partial charge in [-0.1, -0.05) is 30.3 Å². The Balaban J connectivity index is 1.96. The van der Waals surface area contributed by atoms with E-state index in [0.29, 0.717) is 6.04 Å². The van der Waals surface area contributed by atoms with Gasteiger partial charge < -0.3 is 4.43 Å². The van der Waals surface area contributed by atoms with Crippen LogP contribution in [0.15, 0.2) is 30.3 Å². The van der Waals surface area contributed by atoms with Crippen molar-refractivity contribution < 1.29 is 17.6 Å². The highest BCUT2D eigenvalue weighted by Crippen LogP contribution is 2.33. The molecule has 2 unspecified atom stereocenters. The van der Waals surface area contributed by atoms with Crippen molar-refractivity contribution in [1.29, 1.82) is 0 Å². The zero-order valence-electron chi connectivity index (χ0n) is 8.70. The molecule has 1 aliphatic rings. The summed E-state index contributed by atoms with van der Waals surface area (Å²) in [6.45, 7) is -0.157. The molecule has 0 aromatic heterocycles. The predicted molar refractivity (Wildman–Crippen MR) is 58.1 cm³/mol. The first-order valence-electron chi connectivity index (χ1n) is 5.30. The van der Waals surface area contributed by atoms with Crippen molar-refractivity contribution in [3.63, 3.8) is 0 Å². The van der Waals surface area contributed by atoms with E-state index in [0.717, 1.165) is 5.19 Å². The molecule has 2 atom stereocenters. The maximum absolute atomic E-state index is 12.4.